The maximum Gasteiger partial charge on any atom is 0.252 e. The minimum atomic E-state index is -3.97. The van der Waals surface area contributed by atoms with Gasteiger partial charge in [-0.05, 0) is 19.3 Å². The van der Waals surface area contributed by atoms with E-state index in [0.29, 0.717) is 5.76 Å². The largest absolute Gasteiger partial charge is 0.448 e. The van der Waals surface area contributed by atoms with E-state index in [4.69, 9.17) is 4.42 Å². The van der Waals surface area contributed by atoms with Gasteiger partial charge in [0.2, 0.25) is 15.9 Å². The molecule has 6 nitrogen and oxygen atoms in total. The van der Waals surface area contributed by atoms with Gasteiger partial charge in [0.05, 0.1) is 11.6 Å². The van der Waals surface area contributed by atoms with E-state index in [2.05, 4.69) is 4.98 Å². The summed E-state index contributed by atoms with van der Waals surface area (Å²) in [5, 5.41) is 0. The van der Waals surface area contributed by atoms with Gasteiger partial charge in [0.15, 0.2) is 6.39 Å². The summed E-state index contributed by atoms with van der Waals surface area (Å²) < 4.78 is 57.3. The number of hydrogen-bond donors (Lipinski definition) is 1. The van der Waals surface area contributed by atoms with E-state index < -0.39 is 45.4 Å². The SMILES string of the molecule is Cc1ocnc1CS(=O)(=O)NC(=O)[C@@H]1[C@@H]2CCC(F)(F)[C@@H]21. The Morgan fingerprint density at radius 3 is 2.81 bits per heavy atom. The van der Waals surface area contributed by atoms with E-state index in [1.807, 2.05) is 4.72 Å². The quantitative estimate of drug-likeness (QED) is 0.901. The van der Waals surface area contributed by atoms with Crippen molar-refractivity contribution < 1.29 is 26.4 Å². The second kappa shape index (κ2) is 4.49. The van der Waals surface area contributed by atoms with Crippen molar-refractivity contribution in [1.29, 1.82) is 0 Å². The Bertz CT molecular complexity index is 685. The molecule has 0 aromatic carbocycles. The molecule has 2 saturated carbocycles. The van der Waals surface area contributed by atoms with Crippen molar-refractivity contribution in [3.63, 3.8) is 0 Å². The van der Waals surface area contributed by atoms with Crippen LogP contribution in [0.25, 0.3) is 0 Å². The first-order valence-corrected chi connectivity index (χ1v) is 8.17. The number of carbonyl (C=O) groups is 1. The monoisotopic (exact) mass is 320 g/mol. The molecule has 116 valence electrons. The first-order valence-electron chi connectivity index (χ1n) is 6.52. The van der Waals surface area contributed by atoms with Crippen molar-refractivity contribution in [2.45, 2.75) is 31.4 Å². The smallest absolute Gasteiger partial charge is 0.252 e. The van der Waals surface area contributed by atoms with Crippen LogP contribution in [0.15, 0.2) is 10.8 Å². The first-order chi connectivity index (χ1) is 9.71. The Morgan fingerprint density at radius 2 is 2.29 bits per heavy atom. The molecule has 2 fully saturated rings. The molecule has 9 heteroatoms. The molecule has 2 aliphatic rings. The number of aryl methyl sites for hydroxylation is 1. The van der Waals surface area contributed by atoms with Crippen LogP contribution in [-0.2, 0) is 20.6 Å². The van der Waals surface area contributed by atoms with Crippen LogP contribution >= 0.6 is 0 Å². The Hall–Kier alpha value is -1.51. The fraction of sp³-hybridized carbons (Fsp3) is 0.667. The number of rotatable bonds is 4. The van der Waals surface area contributed by atoms with Gasteiger partial charge in [0, 0.05) is 12.3 Å². The van der Waals surface area contributed by atoms with Gasteiger partial charge in [0.25, 0.3) is 5.92 Å². The number of fused-ring (bicyclic) bond motifs is 1. The molecule has 0 aliphatic heterocycles. The van der Waals surface area contributed by atoms with Crippen molar-refractivity contribution in [3.8, 4) is 0 Å². The van der Waals surface area contributed by atoms with E-state index >= 15 is 0 Å². The maximum atomic E-state index is 13.4. The third-order valence-corrected chi connectivity index (χ3v) is 5.36. The van der Waals surface area contributed by atoms with Crippen LogP contribution < -0.4 is 4.72 Å². The minimum Gasteiger partial charge on any atom is -0.448 e. The van der Waals surface area contributed by atoms with Crippen molar-refractivity contribution in [2.24, 2.45) is 17.8 Å². The number of sulfonamides is 1. The number of nitrogens with one attached hydrogen (secondary N) is 1. The molecule has 3 atom stereocenters. The fourth-order valence-electron chi connectivity index (χ4n) is 3.10. The molecular formula is C12H14F2N2O4S. The number of hydrogen-bond acceptors (Lipinski definition) is 5. The lowest BCUT2D eigenvalue weighted by Crippen LogP contribution is -2.35. The zero-order valence-corrected chi connectivity index (χ0v) is 12.0. The van der Waals surface area contributed by atoms with Crippen LogP contribution in [-0.4, -0.2) is 25.2 Å². The van der Waals surface area contributed by atoms with Gasteiger partial charge in [0.1, 0.15) is 11.5 Å². The van der Waals surface area contributed by atoms with Crippen molar-refractivity contribution >= 4 is 15.9 Å². The lowest BCUT2D eigenvalue weighted by molar-refractivity contribution is -0.123. The number of oxazole rings is 1. The van der Waals surface area contributed by atoms with E-state index in [1.54, 1.807) is 6.92 Å². The number of amides is 1. The third kappa shape index (κ3) is 2.54. The summed E-state index contributed by atoms with van der Waals surface area (Å²) in [6.45, 7) is 1.55. The van der Waals surface area contributed by atoms with Gasteiger partial charge >= 0.3 is 0 Å². The minimum absolute atomic E-state index is 0.191. The molecular weight excluding hydrogens is 306 g/mol. The number of alkyl halides is 2. The lowest BCUT2D eigenvalue weighted by atomic mass is 10.1. The average molecular weight is 320 g/mol. The Kier molecular flexibility index (Phi) is 3.09. The summed E-state index contributed by atoms with van der Waals surface area (Å²) in [5.41, 5.74) is 0.191. The first kappa shape index (κ1) is 14.4. The highest BCUT2D eigenvalue weighted by Crippen LogP contribution is 2.64. The highest BCUT2D eigenvalue weighted by molar-refractivity contribution is 7.89. The van der Waals surface area contributed by atoms with E-state index in [-0.39, 0.29) is 18.5 Å². The second-order valence-corrected chi connectivity index (χ2v) is 7.32. The molecule has 0 radical (unpaired) electrons. The van der Waals surface area contributed by atoms with Gasteiger partial charge in [-0.15, -0.1) is 0 Å². The molecule has 1 heterocycles. The molecule has 0 bridgehead atoms. The normalized spacial score (nSPS) is 30.0. The van der Waals surface area contributed by atoms with E-state index in [9.17, 15) is 22.0 Å². The zero-order valence-electron chi connectivity index (χ0n) is 11.2. The van der Waals surface area contributed by atoms with Crippen LogP contribution in [0.1, 0.15) is 24.3 Å². The lowest BCUT2D eigenvalue weighted by Gasteiger charge is -2.13. The molecule has 3 rings (SSSR count). The summed E-state index contributed by atoms with van der Waals surface area (Å²) >= 11 is 0. The summed E-state index contributed by atoms with van der Waals surface area (Å²) in [4.78, 5) is 15.6. The van der Waals surface area contributed by atoms with Crippen molar-refractivity contribution in [2.75, 3.05) is 0 Å². The van der Waals surface area contributed by atoms with E-state index in [1.165, 1.54) is 0 Å². The van der Waals surface area contributed by atoms with Crippen LogP contribution in [0.5, 0.6) is 0 Å². The molecule has 1 aromatic heterocycles. The number of carbonyl (C=O) groups excluding carboxylic acids is 1. The third-order valence-electron chi connectivity index (χ3n) is 4.20. The van der Waals surface area contributed by atoms with Crippen LogP contribution in [0.2, 0.25) is 0 Å². The highest BCUT2D eigenvalue weighted by atomic mass is 32.2. The highest BCUT2D eigenvalue weighted by Gasteiger charge is 2.70. The summed E-state index contributed by atoms with van der Waals surface area (Å²) in [5.74, 6) is -6.20. The fourth-order valence-corrected chi connectivity index (χ4v) is 4.25. The molecule has 2 aliphatic carbocycles. The van der Waals surface area contributed by atoms with Crippen LogP contribution in [0, 0.1) is 24.7 Å². The van der Waals surface area contributed by atoms with Gasteiger partial charge in [-0.3, -0.25) is 9.52 Å². The predicted molar refractivity (Wildman–Crippen MR) is 66.7 cm³/mol. The number of aromatic nitrogens is 1. The standard InChI is InChI=1S/C12H14F2N2O4S/c1-6-8(15-5-20-6)4-21(18,19)16-11(17)9-7-2-3-12(13,14)10(7)9/h5,7,9-10H,2-4H2,1H3,(H,16,17)/t7-,9+,10-/m0/s1. The molecule has 1 amide bonds. The van der Waals surface area contributed by atoms with Gasteiger partial charge in [-0.2, -0.15) is 0 Å². The predicted octanol–water partition coefficient (Wildman–Crippen LogP) is 1.22. The Morgan fingerprint density at radius 1 is 1.57 bits per heavy atom. The zero-order chi connectivity index (χ0) is 15.4. The topological polar surface area (TPSA) is 89.3 Å². The molecule has 21 heavy (non-hydrogen) atoms. The summed E-state index contributed by atoms with van der Waals surface area (Å²) in [7, 11) is -3.97. The van der Waals surface area contributed by atoms with Gasteiger partial charge in [-0.1, -0.05) is 0 Å². The Balaban J connectivity index is 1.65. The number of nitrogens with zero attached hydrogens (tertiary/aromatic N) is 1. The van der Waals surface area contributed by atoms with Crippen LogP contribution in [0.4, 0.5) is 8.78 Å². The Labute approximate surface area is 120 Å². The molecule has 1 aromatic rings. The summed E-state index contributed by atoms with van der Waals surface area (Å²) in [6.07, 6.45) is 1.14. The van der Waals surface area contributed by atoms with Gasteiger partial charge < -0.3 is 4.42 Å². The molecule has 1 N–H and O–H groups in total. The van der Waals surface area contributed by atoms with Crippen LogP contribution in [0.3, 0.4) is 0 Å². The average Bonchev–Trinajstić information content (AvgIpc) is 2.87. The second-order valence-electron chi connectivity index (χ2n) is 5.60. The maximum absolute atomic E-state index is 13.4. The molecule has 0 unspecified atom stereocenters. The number of halogens is 2. The van der Waals surface area contributed by atoms with Gasteiger partial charge in [-0.25, -0.2) is 22.2 Å². The molecule has 0 saturated heterocycles. The molecule has 0 spiro atoms. The van der Waals surface area contributed by atoms with Crippen molar-refractivity contribution in [3.05, 3.63) is 17.8 Å². The summed E-state index contributed by atoms with van der Waals surface area (Å²) in [6, 6.07) is 0. The van der Waals surface area contributed by atoms with Crippen molar-refractivity contribution in [1.82, 2.24) is 9.71 Å². The van der Waals surface area contributed by atoms with E-state index in [0.717, 1.165) is 6.39 Å².